The Balaban J connectivity index is 2.20. The largest absolute Gasteiger partial charge is 0.497 e. The molecule has 1 aliphatic heterocycles. The molecular formula is C17H26N2O4S. The van der Waals surface area contributed by atoms with Gasteiger partial charge < -0.3 is 10.1 Å². The van der Waals surface area contributed by atoms with Gasteiger partial charge in [0.05, 0.1) is 12.0 Å². The second kappa shape index (κ2) is 7.53. The quantitative estimate of drug-likeness (QED) is 0.875. The van der Waals surface area contributed by atoms with Gasteiger partial charge in [0.1, 0.15) is 5.75 Å². The van der Waals surface area contributed by atoms with Gasteiger partial charge in [-0.1, -0.05) is 0 Å². The van der Waals surface area contributed by atoms with E-state index >= 15 is 0 Å². The molecule has 7 heteroatoms. The third-order valence-corrected chi connectivity index (χ3v) is 6.65. The molecule has 0 aromatic heterocycles. The van der Waals surface area contributed by atoms with Crippen LogP contribution in [0.25, 0.3) is 0 Å². The lowest BCUT2D eigenvalue weighted by atomic mass is 9.97. The molecule has 1 aromatic rings. The van der Waals surface area contributed by atoms with Crippen LogP contribution in [0.2, 0.25) is 0 Å². The molecule has 1 saturated heterocycles. The summed E-state index contributed by atoms with van der Waals surface area (Å²) in [4.78, 5) is 12.3. The van der Waals surface area contributed by atoms with Crippen LogP contribution in [-0.2, 0) is 14.8 Å². The van der Waals surface area contributed by atoms with E-state index in [2.05, 4.69) is 5.32 Å². The Kier molecular flexibility index (Phi) is 5.87. The Hall–Kier alpha value is -1.60. The highest BCUT2D eigenvalue weighted by Gasteiger charge is 2.33. The first kappa shape index (κ1) is 18.7. The molecule has 0 spiro atoms. The summed E-state index contributed by atoms with van der Waals surface area (Å²) in [6.07, 6.45) is 1.11. The molecule has 0 unspecified atom stereocenters. The van der Waals surface area contributed by atoms with Gasteiger partial charge in [-0.05, 0) is 56.9 Å². The second-order valence-corrected chi connectivity index (χ2v) is 8.04. The molecule has 1 aromatic carbocycles. The van der Waals surface area contributed by atoms with E-state index in [1.165, 1.54) is 4.31 Å². The second-order valence-electron chi connectivity index (χ2n) is 6.16. The number of ether oxygens (including phenoxy) is 1. The summed E-state index contributed by atoms with van der Waals surface area (Å²) in [5, 5.41) is 2.81. The van der Waals surface area contributed by atoms with Crippen LogP contribution in [0.4, 0.5) is 0 Å². The first-order valence-corrected chi connectivity index (χ1v) is 9.68. The monoisotopic (exact) mass is 354 g/mol. The van der Waals surface area contributed by atoms with Crippen LogP contribution in [0.1, 0.15) is 30.9 Å². The molecule has 1 aliphatic rings. The summed E-state index contributed by atoms with van der Waals surface area (Å²) in [5.74, 6) is 0.569. The molecule has 6 nitrogen and oxygen atoms in total. The van der Waals surface area contributed by atoms with E-state index in [-0.39, 0.29) is 11.8 Å². The number of benzene rings is 1. The van der Waals surface area contributed by atoms with Crippen LogP contribution in [-0.4, -0.2) is 45.4 Å². The van der Waals surface area contributed by atoms with E-state index < -0.39 is 10.0 Å². The fourth-order valence-corrected chi connectivity index (χ4v) is 5.12. The molecule has 2 rings (SSSR count). The SMILES string of the molecule is CCNC(=O)C1CCN(S(=O)(=O)c2c(C)cc(OC)cc2C)CC1. The summed E-state index contributed by atoms with van der Waals surface area (Å²) >= 11 is 0. The van der Waals surface area contributed by atoms with E-state index in [1.54, 1.807) is 33.1 Å². The van der Waals surface area contributed by atoms with E-state index in [1.807, 2.05) is 6.92 Å². The molecule has 0 saturated carbocycles. The summed E-state index contributed by atoms with van der Waals surface area (Å²) < 4.78 is 32.7. The van der Waals surface area contributed by atoms with Crippen molar-refractivity contribution in [1.29, 1.82) is 0 Å². The number of rotatable bonds is 5. The highest BCUT2D eigenvalue weighted by atomic mass is 32.2. The van der Waals surface area contributed by atoms with Crippen molar-refractivity contribution in [2.75, 3.05) is 26.7 Å². The number of carbonyl (C=O) groups excluding carboxylic acids is 1. The number of piperidine rings is 1. The van der Waals surface area contributed by atoms with Crippen LogP contribution in [0.5, 0.6) is 5.75 Å². The van der Waals surface area contributed by atoms with Crippen LogP contribution >= 0.6 is 0 Å². The molecule has 0 atom stereocenters. The van der Waals surface area contributed by atoms with Crippen molar-refractivity contribution in [3.05, 3.63) is 23.3 Å². The van der Waals surface area contributed by atoms with Crippen molar-refractivity contribution in [2.45, 2.75) is 38.5 Å². The number of aryl methyl sites for hydroxylation is 2. The van der Waals surface area contributed by atoms with Gasteiger partial charge in [0.2, 0.25) is 15.9 Å². The molecule has 1 N–H and O–H groups in total. The zero-order valence-electron chi connectivity index (χ0n) is 14.8. The Morgan fingerprint density at radius 1 is 1.25 bits per heavy atom. The number of sulfonamides is 1. The third kappa shape index (κ3) is 3.72. The number of methoxy groups -OCH3 is 1. The van der Waals surface area contributed by atoms with E-state index in [0.717, 1.165) is 0 Å². The van der Waals surface area contributed by atoms with Crippen LogP contribution in [0, 0.1) is 19.8 Å². The average molecular weight is 354 g/mol. The van der Waals surface area contributed by atoms with Gasteiger partial charge in [0.25, 0.3) is 0 Å². The fourth-order valence-electron chi connectivity index (χ4n) is 3.24. The lowest BCUT2D eigenvalue weighted by Crippen LogP contribution is -2.43. The van der Waals surface area contributed by atoms with Crippen molar-refractivity contribution >= 4 is 15.9 Å². The number of hydrogen-bond acceptors (Lipinski definition) is 4. The number of amides is 1. The highest BCUT2D eigenvalue weighted by Crippen LogP contribution is 2.30. The predicted octanol–water partition coefficient (Wildman–Crippen LogP) is 1.85. The summed E-state index contributed by atoms with van der Waals surface area (Å²) in [5.41, 5.74) is 1.36. The zero-order valence-corrected chi connectivity index (χ0v) is 15.6. The lowest BCUT2D eigenvalue weighted by Gasteiger charge is -2.31. The maximum Gasteiger partial charge on any atom is 0.243 e. The minimum absolute atomic E-state index is 0.0198. The van der Waals surface area contributed by atoms with E-state index in [0.29, 0.717) is 54.2 Å². The molecule has 1 amide bonds. The molecule has 1 fully saturated rings. The van der Waals surface area contributed by atoms with Crippen molar-refractivity contribution in [2.24, 2.45) is 5.92 Å². The van der Waals surface area contributed by atoms with Crippen molar-refractivity contribution in [1.82, 2.24) is 9.62 Å². The van der Waals surface area contributed by atoms with E-state index in [4.69, 9.17) is 4.74 Å². The van der Waals surface area contributed by atoms with Crippen LogP contribution in [0.15, 0.2) is 17.0 Å². The van der Waals surface area contributed by atoms with Crippen molar-refractivity contribution < 1.29 is 17.9 Å². The fraction of sp³-hybridized carbons (Fsp3) is 0.588. The maximum atomic E-state index is 13.0. The zero-order chi connectivity index (χ0) is 17.9. The molecule has 24 heavy (non-hydrogen) atoms. The molecule has 1 heterocycles. The van der Waals surface area contributed by atoms with Gasteiger partial charge in [0.15, 0.2) is 0 Å². The molecule has 134 valence electrons. The molecule has 0 bridgehead atoms. The molecular weight excluding hydrogens is 328 g/mol. The Labute approximate surface area is 144 Å². The van der Waals surface area contributed by atoms with Crippen LogP contribution < -0.4 is 10.1 Å². The topological polar surface area (TPSA) is 75.7 Å². The number of nitrogens with one attached hydrogen (secondary N) is 1. The normalized spacial score (nSPS) is 16.8. The Morgan fingerprint density at radius 3 is 2.25 bits per heavy atom. The maximum absolute atomic E-state index is 13.0. The van der Waals surface area contributed by atoms with Crippen molar-refractivity contribution in [3.63, 3.8) is 0 Å². The number of hydrogen-bond donors (Lipinski definition) is 1. The predicted molar refractivity (Wildman–Crippen MR) is 92.6 cm³/mol. The number of nitrogens with zero attached hydrogens (tertiary/aromatic N) is 1. The summed E-state index contributed by atoms with van der Waals surface area (Å²) in [6.45, 7) is 6.78. The highest BCUT2D eigenvalue weighted by molar-refractivity contribution is 7.89. The van der Waals surface area contributed by atoms with Gasteiger partial charge >= 0.3 is 0 Å². The van der Waals surface area contributed by atoms with Gasteiger partial charge in [-0.15, -0.1) is 0 Å². The molecule has 0 aliphatic carbocycles. The first-order valence-electron chi connectivity index (χ1n) is 8.24. The molecule has 0 radical (unpaired) electrons. The van der Waals surface area contributed by atoms with Gasteiger partial charge in [-0.2, -0.15) is 4.31 Å². The standard InChI is InChI=1S/C17H26N2O4S/c1-5-18-17(20)14-6-8-19(9-7-14)24(21,22)16-12(2)10-15(23-4)11-13(16)3/h10-11,14H,5-9H2,1-4H3,(H,18,20). The Bertz CT molecular complexity index is 684. The number of carbonyl (C=O) groups is 1. The minimum Gasteiger partial charge on any atom is -0.497 e. The van der Waals surface area contributed by atoms with Crippen molar-refractivity contribution in [3.8, 4) is 5.75 Å². The smallest absolute Gasteiger partial charge is 0.243 e. The first-order chi connectivity index (χ1) is 11.3. The van der Waals surface area contributed by atoms with Crippen LogP contribution in [0.3, 0.4) is 0 Å². The van der Waals surface area contributed by atoms with Gasteiger partial charge in [0, 0.05) is 25.6 Å². The van der Waals surface area contributed by atoms with E-state index in [9.17, 15) is 13.2 Å². The van der Waals surface area contributed by atoms with Gasteiger partial charge in [-0.3, -0.25) is 4.79 Å². The Morgan fingerprint density at radius 2 is 1.79 bits per heavy atom. The lowest BCUT2D eigenvalue weighted by molar-refractivity contribution is -0.126. The summed E-state index contributed by atoms with van der Waals surface area (Å²) in [6, 6.07) is 3.47. The summed E-state index contributed by atoms with van der Waals surface area (Å²) in [7, 11) is -2.00. The average Bonchev–Trinajstić information content (AvgIpc) is 2.54. The minimum atomic E-state index is -3.56. The third-order valence-electron chi connectivity index (χ3n) is 4.44. The van der Waals surface area contributed by atoms with Gasteiger partial charge in [-0.25, -0.2) is 8.42 Å².